The lowest BCUT2D eigenvalue weighted by molar-refractivity contribution is 0.301. The Labute approximate surface area is 140 Å². The molecule has 0 spiro atoms. The number of hydrogen-bond acceptors (Lipinski definition) is 2. The second-order valence-corrected chi connectivity index (χ2v) is 6.39. The van der Waals surface area contributed by atoms with Crippen molar-refractivity contribution in [2.75, 3.05) is 7.05 Å². The molecule has 3 nitrogen and oxygen atoms in total. The molecule has 0 unspecified atom stereocenters. The molecular formula is C20H29N3. The first-order valence-corrected chi connectivity index (χ1v) is 8.86. The molecule has 0 amide bonds. The zero-order chi connectivity index (χ0) is 16.5. The van der Waals surface area contributed by atoms with E-state index in [4.69, 9.17) is 4.99 Å². The van der Waals surface area contributed by atoms with E-state index < -0.39 is 0 Å². The summed E-state index contributed by atoms with van der Waals surface area (Å²) in [6.07, 6.45) is 14.7. The molecule has 23 heavy (non-hydrogen) atoms. The number of rotatable bonds is 6. The van der Waals surface area contributed by atoms with E-state index in [1.807, 2.05) is 24.4 Å². The highest BCUT2D eigenvalue weighted by atomic mass is 14.9. The van der Waals surface area contributed by atoms with Gasteiger partial charge in [0.15, 0.2) is 5.84 Å². The van der Waals surface area contributed by atoms with E-state index in [1.165, 1.54) is 44.9 Å². The van der Waals surface area contributed by atoms with Gasteiger partial charge in [-0.2, -0.15) is 0 Å². The molecule has 0 aliphatic heterocycles. The van der Waals surface area contributed by atoms with Crippen LogP contribution in [0.2, 0.25) is 0 Å². The molecule has 0 saturated heterocycles. The number of pyridine rings is 1. The average molecular weight is 311 g/mol. The Kier molecular flexibility index (Phi) is 7.18. The van der Waals surface area contributed by atoms with Crippen LogP contribution in [0.5, 0.6) is 0 Å². The van der Waals surface area contributed by atoms with Gasteiger partial charge in [0, 0.05) is 36.6 Å². The fraction of sp³-hybridized carbons (Fsp3) is 0.550. The number of amidine groups is 1. The van der Waals surface area contributed by atoms with Crippen LogP contribution < -0.4 is 0 Å². The normalized spacial score (nSPS) is 22.9. The largest absolute Gasteiger partial charge is 0.270 e. The number of nitrogens with zero attached hydrogens (tertiary/aromatic N) is 3. The van der Waals surface area contributed by atoms with Gasteiger partial charge in [0.25, 0.3) is 0 Å². The predicted molar refractivity (Wildman–Crippen MR) is 99.3 cm³/mol. The van der Waals surface area contributed by atoms with Crippen LogP contribution in [-0.4, -0.2) is 23.6 Å². The molecular weight excluding hydrogens is 282 g/mol. The number of unbranched alkanes of at least 4 members (excludes halogenated alkanes) is 1. The van der Waals surface area contributed by atoms with Gasteiger partial charge in [-0.1, -0.05) is 32.8 Å². The Morgan fingerprint density at radius 2 is 2.13 bits per heavy atom. The van der Waals surface area contributed by atoms with Gasteiger partial charge in [0.2, 0.25) is 0 Å². The lowest BCUT2D eigenvalue weighted by Crippen LogP contribution is -2.21. The van der Waals surface area contributed by atoms with Crippen molar-refractivity contribution in [1.82, 2.24) is 4.98 Å². The molecule has 2 rings (SSSR count). The standard InChI is InChI=1S/C20H29N3/c1-4-6-8-16-10-12-17(13-11-16)19(5-2)23-20(21-3)18-9-7-14-22-15-18/h5,7,9,14-17H,2,4,6,8,10-13H2,1,3H3. The molecule has 1 heterocycles. The first kappa shape index (κ1) is 17.6. The summed E-state index contributed by atoms with van der Waals surface area (Å²) in [5.74, 6) is 2.19. The van der Waals surface area contributed by atoms with Gasteiger partial charge in [0.1, 0.15) is 0 Å². The highest BCUT2D eigenvalue weighted by Gasteiger charge is 2.23. The third-order valence-corrected chi connectivity index (χ3v) is 4.81. The van der Waals surface area contributed by atoms with Crippen molar-refractivity contribution in [2.45, 2.75) is 51.9 Å². The molecule has 124 valence electrons. The molecule has 1 saturated carbocycles. The minimum atomic E-state index is 0.527. The van der Waals surface area contributed by atoms with Gasteiger partial charge in [-0.05, 0) is 49.8 Å². The topological polar surface area (TPSA) is 37.6 Å². The van der Waals surface area contributed by atoms with Crippen molar-refractivity contribution in [1.29, 1.82) is 0 Å². The van der Waals surface area contributed by atoms with E-state index in [-0.39, 0.29) is 0 Å². The zero-order valence-electron chi connectivity index (χ0n) is 14.5. The van der Waals surface area contributed by atoms with Crippen LogP contribution in [0.4, 0.5) is 0 Å². The van der Waals surface area contributed by atoms with Crippen molar-refractivity contribution in [3.05, 3.63) is 42.7 Å². The second-order valence-electron chi connectivity index (χ2n) is 6.39. The minimum absolute atomic E-state index is 0.527. The van der Waals surface area contributed by atoms with Crippen molar-refractivity contribution >= 4 is 11.5 Å². The van der Waals surface area contributed by atoms with Crippen molar-refractivity contribution < 1.29 is 0 Å². The maximum Gasteiger partial charge on any atom is 0.156 e. The first-order chi connectivity index (χ1) is 11.3. The van der Waals surface area contributed by atoms with Gasteiger partial charge < -0.3 is 0 Å². The fourth-order valence-electron chi connectivity index (χ4n) is 3.40. The molecule has 3 heteroatoms. The molecule has 0 aromatic carbocycles. The lowest BCUT2D eigenvalue weighted by atomic mass is 9.78. The van der Waals surface area contributed by atoms with Crippen LogP contribution in [0.25, 0.3) is 0 Å². The van der Waals surface area contributed by atoms with Crippen LogP contribution in [0.1, 0.15) is 57.4 Å². The Morgan fingerprint density at radius 3 is 2.70 bits per heavy atom. The highest BCUT2D eigenvalue weighted by molar-refractivity contribution is 6.10. The van der Waals surface area contributed by atoms with E-state index in [1.54, 1.807) is 13.2 Å². The molecule has 1 aliphatic carbocycles. The van der Waals surface area contributed by atoms with E-state index in [2.05, 4.69) is 23.5 Å². The van der Waals surface area contributed by atoms with Crippen LogP contribution in [0.15, 0.2) is 47.2 Å². The molecule has 1 fully saturated rings. The summed E-state index contributed by atoms with van der Waals surface area (Å²) in [5.41, 5.74) is 2.05. The predicted octanol–water partition coefficient (Wildman–Crippen LogP) is 5.08. The quantitative estimate of drug-likeness (QED) is 0.533. The Hall–Kier alpha value is -1.77. The summed E-state index contributed by atoms with van der Waals surface area (Å²) < 4.78 is 0. The number of hydrogen-bond donors (Lipinski definition) is 0. The van der Waals surface area contributed by atoms with Gasteiger partial charge in [-0.3, -0.25) is 9.98 Å². The van der Waals surface area contributed by atoms with Crippen LogP contribution in [0.3, 0.4) is 0 Å². The van der Waals surface area contributed by atoms with Crippen LogP contribution in [0, 0.1) is 11.8 Å². The maximum absolute atomic E-state index is 4.80. The summed E-state index contributed by atoms with van der Waals surface area (Å²) in [6.45, 7) is 6.26. The molecule has 1 aromatic heterocycles. The smallest absolute Gasteiger partial charge is 0.156 e. The van der Waals surface area contributed by atoms with Crippen molar-refractivity contribution in [3.8, 4) is 0 Å². The second kappa shape index (κ2) is 9.39. The monoisotopic (exact) mass is 311 g/mol. The maximum atomic E-state index is 4.80. The van der Waals surface area contributed by atoms with E-state index in [9.17, 15) is 0 Å². The minimum Gasteiger partial charge on any atom is -0.270 e. The SMILES string of the molecule is C=CC(=NC(=NC)c1cccnc1)C1CCC(CCCC)CC1. The zero-order valence-corrected chi connectivity index (χ0v) is 14.5. The number of aliphatic imine (C=N–C) groups is 2. The molecule has 0 radical (unpaired) electrons. The highest BCUT2D eigenvalue weighted by Crippen LogP contribution is 2.33. The average Bonchev–Trinajstić information content (AvgIpc) is 2.62. The number of aromatic nitrogens is 1. The summed E-state index contributed by atoms with van der Waals surface area (Å²) >= 11 is 0. The summed E-state index contributed by atoms with van der Waals surface area (Å²) in [7, 11) is 1.79. The molecule has 0 N–H and O–H groups in total. The number of allylic oxidation sites excluding steroid dienone is 1. The Balaban J connectivity index is 2.03. The third-order valence-electron chi connectivity index (χ3n) is 4.81. The molecule has 0 bridgehead atoms. The van der Waals surface area contributed by atoms with Gasteiger partial charge >= 0.3 is 0 Å². The Bertz CT molecular complexity index is 537. The summed E-state index contributed by atoms with van der Waals surface area (Å²) in [4.78, 5) is 13.3. The Morgan fingerprint density at radius 1 is 1.35 bits per heavy atom. The molecule has 0 atom stereocenters. The van der Waals surface area contributed by atoms with Gasteiger partial charge in [-0.15, -0.1) is 0 Å². The van der Waals surface area contributed by atoms with E-state index in [0.29, 0.717) is 5.92 Å². The van der Waals surface area contributed by atoms with Gasteiger partial charge in [0.05, 0.1) is 0 Å². The molecule has 1 aliphatic rings. The summed E-state index contributed by atoms with van der Waals surface area (Å²) in [6, 6.07) is 3.92. The summed E-state index contributed by atoms with van der Waals surface area (Å²) in [5, 5.41) is 0. The van der Waals surface area contributed by atoms with Gasteiger partial charge in [-0.25, -0.2) is 4.99 Å². The van der Waals surface area contributed by atoms with Crippen LogP contribution in [-0.2, 0) is 0 Å². The molecule has 1 aromatic rings. The van der Waals surface area contributed by atoms with Crippen LogP contribution >= 0.6 is 0 Å². The van der Waals surface area contributed by atoms with E-state index >= 15 is 0 Å². The lowest BCUT2D eigenvalue weighted by Gasteiger charge is -2.28. The van der Waals surface area contributed by atoms with Crippen molar-refractivity contribution in [3.63, 3.8) is 0 Å². The van der Waals surface area contributed by atoms with Crippen molar-refractivity contribution in [2.24, 2.45) is 21.8 Å². The third kappa shape index (κ3) is 5.12. The van der Waals surface area contributed by atoms with E-state index in [0.717, 1.165) is 23.0 Å². The fourth-order valence-corrected chi connectivity index (χ4v) is 3.40. The first-order valence-electron chi connectivity index (χ1n) is 8.86.